The normalized spacial score (nSPS) is 15.8. The van der Waals surface area contributed by atoms with Gasteiger partial charge in [0.2, 0.25) is 0 Å². The Morgan fingerprint density at radius 3 is 2.42 bits per heavy atom. The molecule has 2 N–H and O–H groups in total. The summed E-state index contributed by atoms with van der Waals surface area (Å²) in [4.78, 5) is 21.8. The van der Waals surface area contributed by atoms with Crippen LogP contribution in [0.25, 0.3) is 0 Å². The maximum Gasteiger partial charge on any atom is 0.169 e. The van der Waals surface area contributed by atoms with Crippen LogP contribution in [0.3, 0.4) is 0 Å². The van der Waals surface area contributed by atoms with Crippen molar-refractivity contribution in [3.63, 3.8) is 0 Å². The molecule has 0 saturated heterocycles. The minimum atomic E-state index is -1.32. The van der Waals surface area contributed by atoms with Gasteiger partial charge in [-0.15, -0.1) is 0 Å². The summed E-state index contributed by atoms with van der Waals surface area (Å²) < 4.78 is 0. The van der Waals surface area contributed by atoms with Gasteiger partial charge in [0.15, 0.2) is 5.78 Å². The largest absolute Gasteiger partial charge is 0.313 e. The van der Waals surface area contributed by atoms with Crippen LogP contribution < -0.4 is 5.73 Å². The number of thiol groups is 1. The van der Waals surface area contributed by atoms with Crippen LogP contribution in [0.15, 0.2) is 0 Å². The monoisotopic (exact) mass is 189 g/mol. The lowest BCUT2D eigenvalue weighted by atomic mass is 9.88. The molecular weight excluding hydrogens is 174 g/mol. The Balaban J connectivity index is 4.44. The average molecular weight is 189 g/mol. The number of Topliss-reactive ketones (excluding diaryl/α,β-unsaturated/α-hetero) is 1. The van der Waals surface area contributed by atoms with Crippen molar-refractivity contribution in [3.8, 4) is 0 Å². The van der Waals surface area contributed by atoms with Crippen molar-refractivity contribution in [1.29, 1.82) is 0 Å². The van der Waals surface area contributed by atoms with Crippen molar-refractivity contribution in [2.45, 2.75) is 25.8 Å². The van der Waals surface area contributed by atoms with Crippen LogP contribution in [0.5, 0.6) is 0 Å². The number of aldehydes is 1. The molecule has 1 atom stereocenters. The number of hydrogen-bond acceptors (Lipinski definition) is 4. The van der Waals surface area contributed by atoms with Gasteiger partial charge in [0.25, 0.3) is 0 Å². The first-order valence-corrected chi connectivity index (χ1v) is 4.49. The molecule has 0 radical (unpaired) electrons. The first-order chi connectivity index (χ1) is 5.46. The van der Waals surface area contributed by atoms with Gasteiger partial charge in [-0.2, -0.15) is 12.6 Å². The molecule has 0 aliphatic heterocycles. The predicted octanol–water partition coefficient (Wildman–Crippen LogP) is 0.428. The third-order valence-electron chi connectivity index (χ3n) is 1.62. The third kappa shape index (κ3) is 2.95. The smallest absolute Gasteiger partial charge is 0.169 e. The molecule has 3 nitrogen and oxygen atoms in total. The summed E-state index contributed by atoms with van der Waals surface area (Å²) in [5, 5.41) is 0. The van der Waals surface area contributed by atoms with Crippen LogP contribution in [0.2, 0.25) is 0 Å². The first-order valence-electron chi connectivity index (χ1n) is 3.85. The average Bonchev–Trinajstić information content (AvgIpc) is 2.01. The molecule has 0 aromatic rings. The second kappa shape index (κ2) is 4.62. The van der Waals surface area contributed by atoms with Crippen molar-refractivity contribution >= 4 is 24.7 Å². The van der Waals surface area contributed by atoms with Gasteiger partial charge < -0.3 is 10.5 Å². The fourth-order valence-corrected chi connectivity index (χ4v) is 1.34. The third-order valence-corrected chi connectivity index (χ3v) is 1.91. The Hall–Kier alpha value is -0.350. The Bertz CT molecular complexity index is 182. The van der Waals surface area contributed by atoms with E-state index in [4.69, 9.17) is 5.73 Å². The molecule has 0 amide bonds. The molecule has 0 bridgehead atoms. The van der Waals surface area contributed by atoms with Gasteiger partial charge in [-0.1, -0.05) is 13.8 Å². The summed E-state index contributed by atoms with van der Waals surface area (Å²) in [6, 6.07) is 0. The molecule has 4 heteroatoms. The summed E-state index contributed by atoms with van der Waals surface area (Å²) >= 11 is 3.80. The number of ketones is 1. The quantitative estimate of drug-likeness (QED) is 0.374. The molecule has 0 fully saturated rings. The van der Waals surface area contributed by atoms with Gasteiger partial charge in [-0.25, -0.2) is 0 Å². The molecule has 0 rings (SSSR count). The van der Waals surface area contributed by atoms with E-state index in [9.17, 15) is 9.59 Å². The van der Waals surface area contributed by atoms with E-state index in [1.54, 1.807) is 0 Å². The minimum Gasteiger partial charge on any atom is -0.313 e. The molecule has 0 saturated carbocycles. The van der Waals surface area contributed by atoms with Crippen LogP contribution in [0.4, 0.5) is 0 Å². The molecule has 0 unspecified atom stereocenters. The second-order valence-corrected chi connectivity index (χ2v) is 3.65. The number of nitrogens with two attached hydrogens (primary N) is 1. The highest BCUT2D eigenvalue weighted by Gasteiger charge is 2.32. The van der Waals surface area contributed by atoms with Crippen molar-refractivity contribution in [3.05, 3.63) is 0 Å². The Labute approximate surface area is 78.1 Å². The zero-order chi connectivity index (χ0) is 9.78. The van der Waals surface area contributed by atoms with Gasteiger partial charge >= 0.3 is 0 Å². The SMILES string of the molecule is CC(C)C[C@](N)(C=O)C(=O)CS. The van der Waals surface area contributed by atoms with Gasteiger partial charge in [0.1, 0.15) is 11.8 Å². The number of hydrogen-bond donors (Lipinski definition) is 2. The summed E-state index contributed by atoms with van der Waals surface area (Å²) in [6.45, 7) is 3.83. The van der Waals surface area contributed by atoms with E-state index in [1.807, 2.05) is 13.8 Å². The van der Waals surface area contributed by atoms with E-state index >= 15 is 0 Å². The van der Waals surface area contributed by atoms with Crippen molar-refractivity contribution in [2.75, 3.05) is 5.75 Å². The summed E-state index contributed by atoms with van der Waals surface area (Å²) in [6.07, 6.45) is 0.904. The Morgan fingerprint density at radius 2 is 2.17 bits per heavy atom. The molecular formula is C8H15NO2S. The van der Waals surface area contributed by atoms with E-state index in [0.717, 1.165) is 0 Å². The fraction of sp³-hybridized carbons (Fsp3) is 0.750. The zero-order valence-corrected chi connectivity index (χ0v) is 8.30. The summed E-state index contributed by atoms with van der Waals surface area (Å²) in [5.41, 5.74) is 4.26. The molecule has 0 aliphatic rings. The molecule has 12 heavy (non-hydrogen) atoms. The number of carbonyl (C=O) groups is 2. The van der Waals surface area contributed by atoms with Crippen LogP contribution in [-0.2, 0) is 9.59 Å². The van der Waals surface area contributed by atoms with Crippen molar-refractivity contribution in [2.24, 2.45) is 11.7 Å². The van der Waals surface area contributed by atoms with Crippen LogP contribution >= 0.6 is 12.6 Å². The maximum absolute atomic E-state index is 11.2. The number of rotatable bonds is 5. The lowest BCUT2D eigenvalue weighted by molar-refractivity contribution is -0.127. The maximum atomic E-state index is 11.2. The van der Waals surface area contributed by atoms with Crippen LogP contribution in [0.1, 0.15) is 20.3 Å². The summed E-state index contributed by atoms with van der Waals surface area (Å²) in [7, 11) is 0. The summed E-state index contributed by atoms with van der Waals surface area (Å²) in [5.74, 6) is -0.0688. The van der Waals surface area contributed by atoms with Crippen molar-refractivity contribution < 1.29 is 9.59 Å². The van der Waals surface area contributed by atoms with Gasteiger partial charge in [-0.3, -0.25) is 4.79 Å². The Kier molecular flexibility index (Phi) is 4.49. The topological polar surface area (TPSA) is 60.2 Å². The second-order valence-electron chi connectivity index (χ2n) is 3.34. The van der Waals surface area contributed by atoms with Crippen LogP contribution in [-0.4, -0.2) is 23.4 Å². The van der Waals surface area contributed by atoms with Gasteiger partial charge in [0, 0.05) is 0 Å². The minimum absolute atomic E-state index is 0.0158. The molecule has 0 aromatic carbocycles. The van der Waals surface area contributed by atoms with Crippen LogP contribution in [0, 0.1) is 5.92 Å². The number of carbonyl (C=O) groups excluding carboxylic acids is 2. The first kappa shape index (κ1) is 11.6. The fourth-order valence-electron chi connectivity index (χ4n) is 1.05. The lowest BCUT2D eigenvalue weighted by Gasteiger charge is -2.22. The molecule has 0 aromatic heterocycles. The molecule has 0 heterocycles. The predicted molar refractivity (Wildman–Crippen MR) is 51.3 cm³/mol. The molecule has 70 valence electrons. The lowest BCUT2D eigenvalue weighted by Crippen LogP contribution is -2.51. The van der Waals surface area contributed by atoms with Crippen molar-refractivity contribution in [1.82, 2.24) is 0 Å². The van der Waals surface area contributed by atoms with E-state index < -0.39 is 5.54 Å². The highest BCUT2D eigenvalue weighted by Crippen LogP contribution is 2.13. The zero-order valence-electron chi connectivity index (χ0n) is 7.41. The highest BCUT2D eigenvalue weighted by molar-refractivity contribution is 7.81. The Morgan fingerprint density at radius 1 is 1.67 bits per heavy atom. The van der Waals surface area contributed by atoms with Gasteiger partial charge in [0.05, 0.1) is 5.75 Å². The van der Waals surface area contributed by atoms with E-state index in [1.165, 1.54) is 0 Å². The van der Waals surface area contributed by atoms with E-state index in [2.05, 4.69) is 12.6 Å². The molecule has 0 spiro atoms. The van der Waals surface area contributed by atoms with E-state index in [0.29, 0.717) is 12.7 Å². The van der Waals surface area contributed by atoms with Gasteiger partial charge in [-0.05, 0) is 12.3 Å². The van der Waals surface area contributed by atoms with E-state index in [-0.39, 0.29) is 17.5 Å². The molecule has 0 aliphatic carbocycles. The highest BCUT2D eigenvalue weighted by atomic mass is 32.1. The standard InChI is InChI=1S/C8H15NO2S/c1-6(2)3-8(9,5-10)7(11)4-12/h5-6,12H,3-4,9H2,1-2H3/t8-/m0/s1.